The average Bonchev–Trinajstić information content (AvgIpc) is 3.41. The number of hydrogen-bond acceptors (Lipinski definition) is 5. The van der Waals surface area contributed by atoms with Crippen LogP contribution in [0.2, 0.25) is 0 Å². The van der Waals surface area contributed by atoms with Gasteiger partial charge in [0.25, 0.3) is 0 Å². The topological polar surface area (TPSA) is 85.1 Å². The van der Waals surface area contributed by atoms with Gasteiger partial charge in [-0.15, -0.1) is 10.2 Å². The first kappa shape index (κ1) is 23.2. The second kappa shape index (κ2) is 10.4. The fraction of sp³-hybridized carbons (Fsp3) is 0.0645. The molecule has 38 heavy (non-hydrogen) atoms. The number of carbonyl (C=O) groups is 1. The maximum absolute atomic E-state index is 13.2. The molecule has 3 aromatic carbocycles. The van der Waals surface area contributed by atoms with Gasteiger partial charge >= 0.3 is 0 Å². The number of anilines is 1. The van der Waals surface area contributed by atoms with Crippen molar-refractivity contribution in [2.75, 3.05) is 5.32 Å². The number of benzene rings is 3. The van der Waals surface area contributed by atoms with Gasteiger partial charge in [0.1, 0.15) is 0 Å². The first-order valence-electron chi connectivity index (χ1n) is 12.4. The van der Waals surface area contributed by atoms with Crippen LogP contribution < -0.4 is 5.32 Å². The van der Waals surface area contributed by atoms with Gasteiger partial charge in [-0.05, 0) is 47.5 Å². The van der Waals surface area contributed by atoms with Crippen LogP contribution in [0.15, 0.2) is 122 Å². The average molecular weight is 497 g/mol. The molecule has 0 spiro atoms. The highest BCUT2D eigenvalue weighted by molar-refractivity contribution is 5.92. The molecule has 0 bridgehead atoms. The molecule has 0 saturated carbocycles. The quantitative estimate of drug-likeness (QED) is 0.292. The number of fused-ring (bicyclic) bond motifs is 1. The first-order valence-corrected chi connectivity index (χ1v) is 12.4. The maximum Gasteiger partial charge on any atom is 0.225 e. The predicted molar refractivity (Wildman–Crippen MR) is 147 cm³/mol. The fourth-order valence-electron chi connectivity index (χ4n) is 4.57. The molecule has 7 nitrogen and oxygen atoms in total. The van der Waals surface area contributed by atoms with E-state index in [1.165, 1.54) is 0 Å². The van der Waals surface area contributed by atoms with Gasteiger partial charge in [-0.2, -0.15) is 9.61 Å². The van der Waals surface area contributed by atoms with Crippen LogP contribution in [0.4, 0.5) is 5.69 Å². The third kappa shape index (κ3) is 4.90. The van der Waals surface area contributed by atoms with E-state index in [4.69, 9.17) is 5.10 Å². The Morgan fingerprint density at radius 2 is 1.50 bits per heavy atom. The SMILES string of the molecule is O=C(CC(c1ccccc1)c1ccccc1)Nc1cccc(-c2ccc3nnc(-c4cccnc4)n3n2)c1. The zero-order valence-corrected chi connectivity index (χ0v) is 20.5. The second-order valence-corrected chi connectivity index (χ2v) is 8.96. The highest BCUT2D eigenvalue weighted by atomic mass is 16.1. The summed E-state index contributed by atoms with van der Waals surface area (Å²) in [5, 5.41) is 16.4. The van der Waals surface area contributed by atoms with Crippen LogP contribution in [0.3, 0.4) is 0 Å². The van der Waals surface area contributed by atoms with E-state index in [1.807, 2.05) is 84.9 Å². The summed E-state index contributed by atoms with van der Waals surface area (Å²) in [7, 11) is 0. The summed E-state index contributed by atoms with van der Waals surface area (Å²) < 4.78 is 1.71. The molecule has 0 aliphatic carbocycles. The number of nitrogens with one attached hydrogen (secondary N) is 1. The first-order chi connectivity index (χ1) is 18.7. The third-order valence-corrected chi connectivity index (χ3v) is 6.42. The van der Waals surface area contributed by atoms with Crippen molar-refractivity contribution in [3.05, 3.63) is 133 Å². The molecule has 0 saturated heterocycles. The molecule has 7 heteroatoms. The minimum Gasteiger partial charge on any atom is -0.326 e. The van der Waals surface area contributed by atoms with Crippen LogP contribution in [0.1, 0.15) is 23.5 Å². The van der Waals surface area contributed by atoms with E-state index in [0.717, 1.165) is 27.9 Å². The molecule has 184 valence electrons. The summed E-state index contributed by atoms with van der Waals surface area (Å²) >= 11 is 0. The number of amides is 1. The molecule has 0 aliphatic heterocycles. The van der Waals surface area contributed by atoms with Crippen LogP contribution in [-0.2, 0) is 4.79 Å². The van der Waals surface area contributed by atoms with Crippen molar-refractivity contribution in [1.82, 2.24) is 24.8 Å². The summed E-state index contributed by atoms with van der Waals surface area (Å²) in [6, 6.07) is 35.5. The number of nitrogens with zero attached hydrogens (tertiary/aromatic N) is 5. The van der Waals surface area contributed by atoms with Crippen LogP contribution in [0.25, 0.3) is 28.3 Å². The van der Waals surface area contributed by atoms with Crippen molar-refractivity contribution >= 4 is 17.2 Å². The van der Waals surface area contributed by atoms with E-state index in [2.05, 4.69) is 44.8 Å². The smallest absolute Gasteiger partial charge is 0.225 e. The van der Waals surface area contributed by atoms with Crippen molar-refractivity contribution < 1.29 is 4.79 Å². The molecule has 1 amide bonds. The molecular formula is C31H24N6O. The van der Waals surface area contributed by atoms with Gasteiger partial charge in [0.15, 0.2) is 11.5 Å². The van der Waals surface area contributed by atoms with Crippen LogP contribution >= 0.6 is 0 Å². The minimum absolute atomic E-state index is 0.0377. The summed E-state index contributed by atoms with van der Waals surface area (Å²) in [5.41, 5.74) is 6.02. The summed E-state index contributed by atoms with van der Waals surface area (Å²) in [6.07, 6.45) is 3.78. The number of hydrogen-bond donors (Lipinski definition) is 1. The van der Waals surface area contributed by atoms with Crippen molar-refractivity contribution in [2.24, 2.45) is 0 Å². The Morgan fingerprint density at radius 3 is 2.21 bits per heavy atom. The summed E-state index contributed by atoms with van der Waals surface area (Å²) in [6.45, 7) is 0. The van der Waals surface area contributed by atoms with Gasteiger partial charge in [0.05, 0.1) is 5.69 Å². The molecular weight excluding hydrogens is 472 g/mol. The lowest BCUT2D eigenvalue weighted by atomic mass is 9.88. The van der Waals surface area contributed by atoms with Gasteiger partial charge in [-0.1, -0.05) is 72.8 Å². The lowest BCUT2D eigenvalue weighted by Gasteiger charge is -2.18. The van der Waals surface area contributed by atoms with Gasteiger partial charge in [0.2, 0.25) is 5.91 Å². The Morgan fingerprint density at radius 1 is 0.763 bits per heavy atom. The van der Waals surface area contributed by atoms with Gasteiger partial charge in [-0.25, -0.2) is 0 Å². The lowest BCUT2D eigenvalue weighted by molar-refractivity contribution is -0.116. The molecule has 0 aliphatic rings. The van der Waals surface area contributed by atoms with Crippen LogP contribution in [0, 0.1) is 0 Å². The van der Waals surface area contributed by atoms with Crippen molar-refractivity contribution in [3.63, 3.8) is 0 Å². The van der Waals surface area contributed by atoms with Crippen molar-refractivity contribution in [2.45, 2.75) is 12.3 Å². The predicted octanol–water partition coefficient (Wildman–Crippen LogP) is 6.01. The minimum atomic E-state index is -0.0547. The normalized spacial score (nSPS) is 11.1. The van der Waals surface area contributed by atoms with Gasteiger partial charge in [0, 0.05) is 41.5 Å². The Bertz CT molecular complexity index is 1640. The monoisotopic (exact) mass is 496 g/mol. The van der Waals surface area contributed by atoms with Crippen molar-refractivity contribution in [1.29, 1.82) is 0 Å². The Kier molecular flexibility index (Phi) is 6.39. The van der Waals surface area contributed by atoms with Crippen LogP contribution in [0.5, 0.6) is 0 Å². The highest BCUT2D eigenvalue weighted by Crippen LogP contribution is 2.29. The number of aromatic nitrogens is 5. The van der Waals surface area contributed by atoms with Gasteiger partial charge in [-0.3, -0.25) is 9.78 Å². The standard InChI is InChI=1S/C31H24N6O/c38-30(20-27(22-9-3-1-4-10-22)23-11-5-2-6-12-23)33-26-15-7-13-24(19-26)28-16-17-29-34-35-31(37(29)36-28)25-14-8-18-32-21-25/h1-19,21,27H,20H2,(H,33,38). The fourth-order valence-corrected chi connectivity index (χ4v) is 4.57. The van der Waals surface area contributed by atoms with E-state index < -0.39 is 0 Å². The van der Waals surface area contributed by atoms with E-state index in [9.17, 15) is 4.79 Å². The zero-order chi connectivity index (χ0) is 25.7. The van der Waals surface area contributed by atoms with E-state index in [1.54, 1.807) is 16.9 Å². The molecule has 6 aromatic rings. The molecule has 3 heterocycles. The highest BCUT2D eigenvalue weighted by Gasteiger charge is 2.18. The number of carbonyl (C=O) groups excluding carboxylic acids is 1. The molecule has 0 atom stereocenters. The summed E-state index contributed by atoms with van der Waals surface area (Å²) in [4.78, 5) is 17.4. The Balaban J connectivity index is 1.25. The molecule has 0 unspecified atom stereocenters. The molecule has 1 N–H and O–H groups in total. The second-order valence-electron chi connectivity index (χ2n) is 8.96. The lowest BCUT2D eigenvalue weighted by Crippen LogP contribution is -2.16. The Labute approximate surface area is 219 Å². The van der Waals surface area contributed by atoms with E-state index in [0.29, 0.717) is 23.6 Å². The van der Waals surface area contributed by atoms with E-state index >= 15 is 0 Å². The number of pyridine rings is 1. The molecule has 6 rings (SSSR count). The largest absolute Gasteiger partial charge is 0.326 e. The zero-order valence-electron chi connectivity index (χ0n) is 20.5. The maximum atomic E-state index is 13.2. The third-order valence-electron chi connectivity index (χ3n) is 6.42. The molecule has 0 fully saturated rings. The van der Waals surface area contributed by atoms with Crippen molar-refractivity contribution in [3.8, 4) is 22.6 Å². The Hall–Kier alpha value is -5.17. The molecule has 3 aromatic heterocycles. The molecule has 0 radical (unpaired) electrons. The van der Waals surface area contributed by atoms with Crippen LogP contribution in [-0.4, -0.2) is 30.7 Å². The van der Waals surface area contributed by atoms with E-state index in [-0.39, 0.29) is 11.8 Å². The number of rotatable bonds is 7. The summed E-state index contributed by atoms with van der Waals surface area (Å²) in [5.74, 6) is 0.525. The van der Waals surface area contributed by atoms with Gasteiger partial charge < -0.3 is 5.32 Å².